The molecule has 2 heterocycles. The number of sulfone groups is 1. The molecule has 0 aliphatic carbocycles. The summed E-state index contributed by atoms with van der Waals surface area (Å²) in [6, 6.07) is 6.70. The van der Waals surface area contributed by atoms with Crippen molar-refractivity contribution in [1.82, 2.24) is 10.2 Å². The Morgan fingerprint density at radius 2 is 1.83 bits per heavy atom. The van der Waals surface area contributed by atoms with Crippen molar-refractivity contribution < 1.29 is 13.2 Å². The van der Waals surface area contributed by atoms with Crippen molar-refractivity contribution in [3.05, 3.63) is 39.9 Å². The van der Waals surface area contributed by atoms with Crippen molar-refractivity contribution in [2.45, 2.75) is 23.3 Å². The molecule has 8 heteroatoms. The molecular weight excluding hydrogens is 352 g/mol. The second-order valence-corrected chi connectivity index (χ2v) is 9.12. The molecule has 5 nitrogen and oxygen atoms in total. The minimum absolute atomic E-state index is 0.0656. The number of amides is 2. The highest BCUT2D eigenvalue weighted by molar-refractivity contribution is 7.93. The predicted molar refractivity (Wildman–Crippen MR) is 94.9 cm³/mol. The quantitative estimate of drug-likeness (QED) is 0.810. The molecule has 23 heavy (non-hydrogen) atoms. The Labute approximate surface area is 144 Å². The number of hydrogen-bond donors (Lipinski definition) is 1. The topological polar surface area (TPSA) is 66.5 Å². The third-order valence-corrected chi connectivity index (χ3v) is 8.15. The van der Waals surface area contributed by atoms with Crippen LogP contribution in [0.2, 0.25) is 0 Å². The number of rotatable bonds is 7. The SMILES string of the molecule is CCN(CC)C(=O)NCC(c1cccs1)S(=O)(=O)c1cccs1. The molecule has 0 saturated carbocycles. The summed E-state index contributed by atoms with van der Waals surface area (Å²) in [5, 5.41) is 5.59. The van der Waals surface area contributed by atoms with Crippen LogP contribution >= 0.6 is 22.7 Å². The number of carbonyl (C=O) groups excluding carboxylic acids is 1. The lowest BCUT2D eigenvalue weighted by atomic mass is 10.3. The number of nitrogens with one attached hydrogen (secondary N) is 1. The number of nitrogens with zero attached hydrogens (tertiary/aromatic N) is 1. The van der Waals surface area contributed by atoms with Crippen molar-refractivity contribution in [1.29, 1.82) is 0 Å². The normalized spacial score (nSPS) is 12.8. The average Bonchev–Trinajstić information content (AvgIpc) is 3.22. The molecule has 0 fully saturated rings. The van der Waals surface area contributed by atoms with E-state index in [-0.39, 0.29) is 12.6 Å². The summed E-state index contributed by atoms with van der Waals surface area (Å²) in [7, 11) is -3.52. The van der Waals surface area contributed by atoms with Crippen LogP contribution in [-0.2, 0) is 9.84 Å². The van der Waals surface area contributed by atoms with Gasteiger partial charge >= 0.3 is 6.03 Å². The Hall–Kier alpha value is -1.38. The molecule has 2 amide bonds. The van der Waals surface area contributed by atoms with E-state index in [2.05, 4.69) is 5.32 Å². The lowest BCUT2D eigenvalue weighted by molar-refractivity contribution is 0.203. The van der Waals surface area contributed by atoms with Gasteiger partial charge in [0, 0.05) is 24.5 Å². The molecule has 0 aliphatic rings. The fraction of sp³-hybridized carbons (Fsp3) is 0.400. The molecule has 2 aromatic rings. The first-order valence-electron chi connectivity index (χ1n) is 7.34. The third kappa shape index (κ3) is 4.13. The highest BCUT2D eigenvalue weighted by Gasteiger charge is 2.31. The van der Waals surface area contributed by atoms with Gasteiger partial charge in [-0.3, -0.25) is 0 Å². The van der Waals surface area contributed by atoms with Crippen LogP contribution in [0.4, 0.5) is 4.79 Å². The molecule has 126 valence electrons. The van der Waals surface area contributed by atoms with E-state index < -0.39 is 15.1 Å². The smallest absolute Gasteiger partial charge is 0.317 e. The Morgan fingerprint density at radius 1 is 1.17 bits per heavy atom. The summed E-state index contributed by atoms with van der Waals surface area (Å²) >= 11 is 2.59. The van der Waals surface area contributed by atoms with Crippen LogP contribution in [0.3, 0.4) is 0 Å². The summed E-state index contributed by atoms with van der Waals surface area (Å²) < 4.78 is 26.1. The highest BCUT2D eigenvalue weighted by Crippen LogP contribution is 2.33. The Morgan fingerprint density at radius 3 is 2.35 bits per heavy atom. The van der Waals surface area contributed by atoms with Crippen LogP contribution in [0.1, 0.15) is 24.0 Å². The Bertz CT molecular complexity index is 705. The number of thiophene rings is 2. The lowest BCUT2D eigenvalue weighted by Crippen LogP contribution is -2.42. The van der Waals surface area contributed by atoms with Gasteiger partial charge in [-0.15, -0.1) is 22.7 Å². The zero-order valence-electron chi connectivity index (χ0n) is 13.1. The van der Waals surface area contributed by atoms with E-state index >= 15 is 0 Å². The largest absolute Gasteiger partial charge is 0.336 e. The van der Waals surface area contributed by atoms with Crippen LogP contribution in [0, 0.1) is 0 Å². The van der Waals surface area contributed by atoms with Gasteiger partial charge in [0.25, 0.3) is 0 Å². The van der Waals surface area contributed by atoms with E-state index in [4.69, 9.17) is 0 Å². The van der Waals surface area contributed by atoms with E-state index in [1.807, 2.05) is 25.3 Å². The Kier molecular flexibility index (Phi) is 6.20. The van der Waals surface area contributed by atoms with Crippen molar-refractivity contribution >= 4 is 38.5 Å². The van der Waals surface area contributed by atoms with Crippen LogP contribution < -0.4 is 5.32 Å². The van der Waals surface area contributed by atoms with Gasteiger partial charge < -0.3 is 10.2 Å². The van der Waals surface area contributed by atoms with Crippen molar-refractivity contribution in [3.63, 3.8) is 0 Å². The van der Waals surface area contributed by atoms with Gasteiger partial charge in [-0.25, -0.2) is 13.2 Å². The van der Waals surface area contributed by atoms with Gasteiger partial charge in [0.05, 0.1) is 0 Å². The number of carbonyl (C=O) groups is 1. The first kappa shape index (κ1) is 18.0. The molecule has 1 unspecified atom stereocenters. The third-order valence-electron chi connectivity index (χ3n) is 3.50. The fourth-order valence-electron chi connectivity index (χ4n) is 2.21. The summed E-state index contributed by atoms with van der Waals surface area (Å²) in [4.78, 5) is 14.5. The molecule has 0 bridgehead atoms. The van der Waals surface area contributed by atoms with Gasteiger partial charge in [0.1, 0.15) is 9.46 Å². The highest BCUT2D eigenvalue weighted by atomic mass is 32.2. The zero-order chi connectivity index (χ0) is 16.9. The monoisotopic (exact) mass is 372 g/mol. The zero-order valence-corrected chi connectivity index (χ0v) is 15.5. The lowest BCUT2D eigenvalue weighted by Gasteiger charge is -2.22. The van der Waals surface area contributed by atoms with E-state index in [0.29, 0.717) is 17.3 Å². The second kappa shape index (κ2) is 7.94. The van der Waals surface area contributed by atoms with E-state index in [0.717, 1.165) is 4.88 Å². The molecule has 0 aliphatic heterocycles. The molecular formula is C15H20N2O3S3. The molecule has 0 aromatic carbocycles. The number of hydrogen-bond acceptors (Lipinski definition) is 5. The molecule has 1 N–H and O–H groups in total. The summed E-state index contributed by atoms with van der Waals surface area (Å²) in [5.41, 5.74) is 0. The van der Waals surface area contributed by atoms with Crippen LogP contribution in [0.25, 0.3) is 0 Å². The maximum Gasteiger partial charge on any atom is 0.317 e. The molecule has 2 rings (SSSR count). The average molecular weight is 373 g/mol. The van der Waals surface area contributed by atoms with Gasteiger partial charge in [0.2, 0.25) is 0 Å². The minimum atomic E-state index is -3.52. The summed E-state index contributed by atoms with van der Waals surface area (Å²) in [5.74, 6) is 0. The minimum Gasteiger partial charge on any atom is -0.336 e. The van der Waals surface area contributed by atoms with E-state index in [1.54, 1.807) is 28.5 Å². The molecule has 0 saturated heterocycles. The van der Waals surface area contributed by atoms with Crippen LogP contribution in [0.5, 0.6) is 0 Å². The Balaban J connectivity index is 2.22. The molecule has 0 radical (unpaired) electrons. The molecule has 2 aromatic heterocycles. The summed E-state index contributed by atoms with van der Waals surface area (Å²) in [6.45, 7) is 5.02. The van der Waals surface area contributed by atoms with E-state index in [1.165, 1.54) is 22.7 Å². The van der Waals surface area contributed by atoms with Crippen LogP contribution in [-0.4, -0.2) is 39.0 Å². The van der Waals surface area contributed by atoms with Crippen molar-refractivity contribution in [2.24, 2.45) is 0 Å². The van der Waals surface area contributed by atoms with E-state index in [9.17, 15) is 13.2 Å². The first-order valence-corrected chi connectivity index (χ1v) is 10.6. The second-order valence-electron chi connectivity index (χ2n) is 4.84. The summed E-state index contributed by atoms with van der Waals surface area (Å²) in [6.07, 6.45) is 0. The van der Waals surface area contributed by atoms with Gasteiger partial charge in [-0.05, 0) is 36.7 Å². The predicted octanol–water partition coefficient (Wildman–Crippen LogP) is 3.38. The van der Waals surface area contributed by atoms with Gasteiger partial charge in [-0.1, -0.05) is 12.1 Å². The van der Waals surface area contributed by atoms with Gasteiger partial charge in [0.15, 0.2) is 9.84 Å². The van der Waals surface area contributed by atoms with Crippen LogP contribution in [0.15, 0.2) is 39.2 Å². The van der Waals surface area contributed by atoms with Crippen molar-refractivity contribution in [3.8, 4) is 0 Å². The first-order chi connectivity index (χ1) is 11.0. The number of urea groups is 1. The van der Waals surface area contributed by atoms with Gasteiger partial charge in [-0.2, -0.15) is 0 Å². The maximum absolute atomic E-state index is 12.9. The standard InChI is InChI=1S/C15H20N2O3S3/c1-3-17(4-2)15(18)16-11-13(12-7-5-9-21-12)23(19,20)14-8-6-10-22-14/h5-10,13H,3-4,11H2,1-2H3,(H,16,18). The molecule has 0 spiro atoms. The fourth-order valence-corrected chi connectivity index (χ4v) is 6.19. The maximum atomic E-state index is 12.9. The molecule has 1 atom stereocenters. The van der Waals surface area contributed by atoms with Crippen molar-refractivity contribution in [2.75, 3.05) is 19.6 Å².